The highest BCUT2D eigenvalue weighted by Gasteiger charge is 2.44. The summed E-state index contributed by atoms with van der Waals surface area (Å²) in [4.78, 5) is 21.4. The van der Waals surface area contributed by atoms with E-state index in [0.717, 1.165) is 49.0 Å². The van der Waals surface area contributed by atoms with Crippen molar-refractivity contribution in [1.82, 2.24) is 14.5 Å². The van der Waals surface area contributed by atoms with E-state index in [4.69, 9.17) is 0 Å². The number of H-pyrrole nitrogens is 1. The first kappa shape index (κ1) is 18.7. The molecule has 0 amide bonds. The highest BCUT2D eigenvalue weighted by molar-refractivity contribution is 5.99. The van der Waals surface area contributed by atoms with Gasteiger partial charge in [0.05, 0.1) is 23.0 Å². The van der Waals surface area contributed by atoms with Crippen molar-refractivity contribution < 1.29 is 4.79 Å². The molecule has 4 nitrogen and oxygen atoms in total. The standard InChI is InChI=1S/C21H25N3O.ClH/c1-4-10-21(12-17-15(3)22-13-23-17)11-9-18-14(2)16-7-5-6-8-19(16)24(18)20(21)25;/h5-8,13H,4,9-12H2,1-3H3,(H,22,23);1H. The van der Waals surface area contributed by atoms with Crippen molar-refractivity contribution in [2.45, 2.75) is 52.9 Å². The van der Waals surface area contributed by atoms with Gasteiger partial charge in [-0.1, -0.05) is 31.5 Å². The summed E-state index contributed by atoms with van der Waals surface area (Å²) in [7, 11) is 0. The Morgan fingerprint density at radius 1 is 1.27 bits per heavy atom. The second kappa shape index (κ2) is 6.92. The van der Waals surface area contributed by atoms with Crippen molar-refractivity contribution in [1.29, 1.82) is 0 Å². The molecule has 0 fully saturated rings. The van der Waals surface area contributed by atoms with Crippen molar-refractivity contribution >= 4 is 29.2 Å². The van der Waals surface area contributed by atoms with Gasteiger partial charge in [-0.25, -0.2) is 4.98 Å². The molecule has 2 aromatic heterocycles. The third-order valence-electron chi connectivity index (χ3n) is 5.92. The van der Waals surface area contributed by atoms with E-state index >= 15 is 0 Å². The lowest BCUT2D eigenvalue weighted by Gasteiger charge is -2.36. The van der Waals surface area contributed by atoms with Crippen molar-refractivity contribution in [3.05, 3.63) is 53.2 Å². The van der Waals surface area contributed by atoms with Crippen LogP contribution in [0.1, 0.15) is 53.6 Å². The zero-order valence-electron chi connectivity index (χ0n) is 15.6. The molecule has 1 aliphatic heterocycles. The molecular weight excluding hydrogens is 346 g/mol. The lowest BCUT2D eigenvalue weighted by atomic mass is 9.72. The molecule has 26 heavy (non-hydrogen) atoms. The summed E-state index contributed by atoms with van der Waals surface area (Å²) in [6.45, 7) is 6.35. The maximum absolute atomic E-state index is 13.7. The van der Waals surface area contributed by atoms with Crippen LogP contribution in [0.5, 0.6) is 0 Å². The number of hydrogen-bond acceptors (Lipinski definition) is 2. The molecule has 1 aliphatic rings. The molecule has 5 heteroatoms. The Hall–Kier alpha value is -2.07. The molecule has 1 unspecified atom stereocenters. The number of benzene rings is 1. The number of hydrogen-bond donors (Lipinski definition) is 1. The number of rotatable bonds is 4. The molecule has 0 radical (unpaired) electrons. The number of nitrogens with one attached hydrogen (secondary N) is 1. The van der Waals surface area contributed by atoms with Gasteiger partial charge in [0.1, 0.15) is 0 Å². The lowest BCUT2D eigenvalue weighted by Crippen LogP contribution is -2.42. The van der Waals surface area contributed by atoms with Gasteiger partial charge in [-0.05, 0) is 44.7 Å². The minimum Gasteiger partial charge on any atom is -0.348 e. The van der Waals surface area contributed by atoms with Gasteiger partial charge < -0.3 is 4.98 Å². The van der Waals surface area contributed by atoms with E-state index in [1.807, 2.05) is 17.6 Å². The summed E-state index contributed by atoms with van der Waals surface area (Å²) in [5.74, 6) is 0.252. The maximum atomic E-state index is 13.7. The minimum absolute atomic E-state index is 0. The summed E-state index contributed by atoms with van der Waals surface area (Å²) < 4.78 is 2.01. The second-order valence-corrected chi connectivity index (χ2v) is 7.41. The quantitative estimate of drug-likeness (QED) is 0.700. The number of fused-ring (bicyclic) bond motifs is 3. The first-order valence-electron chi connectivity index (χ1n) is 9.20. The predicted molar refractivity (Wildman–Crippen MR) is 107 cm³/mol. The Morgan fingerprint density at radius 3 is 2.73 bits per heavy atom. The van der Waals surface area contributed by atoms with Gasteiger partial charge in [0.2, 0.25) is 5.91 Å². The van der Waals surface area contributed by atoms with Crippen LogP contribution >= 0.6 is 12.4 Å². The topological polar surface area (TPSA) is 50.7 Å². The maximum Gasteiger partial charge on any atom is 0.237 e. The SMILES string of the molecule is CCCC1(Cc2nc[nH]c2C)CCc2c(C)c3ccccc3n2C1=O.Cl. The van der Waals surface area contributed by atoms with Crippen LogP contribution in [0.15, 0.2) is 30.6 Å². The van der Waals surface area contributed by atoms with Crippen LogP contribution in [0.2, 0.25) is 0 Å². The van der Waals surface area contributed by atoms with Crippen LogP contribution in [0, 0.1) is 19.3 Å². The molecule has 1 aromatic carbocycles. The summed E-state index contributed by atoms with van der Waals surface area (Å²) in [6.07, 6.45) is 6.23. The monoisotopic (exact) mass is 371 g/mol. The van der Waals surface area contributed by atoms with E-state index in [1.165, 1.54) is 16.6 Å². The van der Waals surface area contributed by atoms with Crippen molar-refractivity contribution in [2.75, 3.05) is 0 Å². The fraction of sp³-hybridized carbons (Fsp3) is 0.429. The molecule has 138 valence electrons. The van der Waals surface area contributed by atoms with E-state index in [-0.39, 0.29) is 23.7 Å². The Balaban J connectivity index is 0.00000196. The molecule has 4 rings (SSSR count). The van der Waals surface area contributed by atoms with Gasteiger partial charge >= 0.3 is 0 Å². The third-order valence-corrected chi connectivity index (χ3v) is 5.92. The van der Waals surface area contributed by atoms with Crippen molar-refractivity contribution in [3.63, 3.8) is 0 Å². The third kappa shape index (κ3) is 2.67. The van der Waals surface area contributed by atoms with Gasteiger partial charge in [-0.15, -0.1) is 12.4 Å². The average Bonchev–Trinajstić information content (AvgIpc) is 3.14. The molecule has 1 atom stereocenters. The Bertz CT molecular complexity index is 955. The highest BCUT2D eigenvalue weighted by Crippen LogP contribution is 2.42. The molecule has 0 saturated carbocycles. The number of carbonyl (C=O) groups is 1. The van der Waals surface area contributed by atoms with Gasteiger partial charge in [-0.3, -0.25) is 9.36 Å². The first-order chi connectivity index (χ1) is 12.1. The summed E-state index contributed by atoms with van der Waals surface area (Å²) in [5.41, 5.74) is 5.25. The van der Waals surface area contributed by atoms with Crippen LogP contribution in [0.25, 0.3) is 10.9 Å². The number of imidazole rings is 1. The number of carbonyl (C=O) groups excluding carboxylic acids is 1. The van der Waals surface area contributed by atoms with Crippen LogP contribution in [-0.2, 0) is 12.8 Å². The van der Waals surface area contributed by atoms with Gasteiger partial charge in [-0.2, -0.15) is 0 Å². The summed E-state index contributed by atoms with van der Waals surface area (Å²) >= 11 is 0. The highest BCUT2D eigenvalue weighted by atomic mass is 35.5. The molecule has 0 aliphatic carbocycles. The van der Waals surface area contributed by atoms with Crippen LogP contribution in [0.3, 0.4) is 0 Å². The molecule has 0 spiro atoms. The fourth-order valence-electron chi connectivity index (χ4n) is 4.54. The molecule has 3 aromatic rings. The molecular formula is C21H26ClN3O. The first-order valence-corrected chi connectivity index (χ1v) is 9.20. The average molecular weight is 372 g/mol. The Kier molecular flexibility index (Phi) is 4.98. The van der Waals surface area contributed by atoms with E-state index < -0.39 is 0 Å². The zero-order valence-corrected chi connectivity index (χ0v) is 16.4. The van der Waals surface area contributed by atoms with Crippen LogP contribution in [-0.4, -0.2) is 20.4 Å². The number of nitrogens with zero attached hydrogens (tertiary/aromatic N) is 2. The molecule has 0 bridgehead atoms. The predicted octanol–water partition coefficient (Wildman–Crippen LogP) is 5.02. The Morgan fingerprint density at radius 2 is 2.04 bits per heavy atom. The second-order valence-electron chi connectivity index (χ2n) is 7.41. The number of aromatic amines is 1. The number of halogens is 1. The normalized spacial score (nSPS) is 19.4. The van der Waals surface area contributed by atoms with Crippen molar-refractivity contribution in [3.8, 4) is 0 Å². The van der Waals surface area contributed by atoms with E-state index in [0.29, 0.717) is 0 Å². The number of aryl methyl sites for hydroxylation is 2. The smallest absolute Gasteiger partial charge is 0.237 e. The summed E-state index contributed by atoms with van der Waals surface area (Å²) in [6, 6.07) is 8.28. The van der Waals surface area contributed by atoms with E-state index in [9.17, 15) is 4.79 Å². The fourth-order valence-corrected chi connectivity index (χ4v) is 4.54. The summed E-state index contributed by atoms with van der Waals surface area (Å²) in [5, 5.41) is 1.20. The molecule has 1 N–H and O–H groups in total. The van der Waals surface area contributed by atoms with Gasteiger partial charge in [0.25, 0.3) is 0 Å². The number of para-hydroxylation sites is 1. The van der Waals surface area contributed by atoms with Gasteiger partial charge in [0, 0.05) is 23.2 Å². The lowest BCUT2D eigenvalue weighted by molar-refractivity contribution is 0.0622. The Labute approximate surface area is 160 Å². The van der Waals surface area contributed by atoms with E-state index in [2.05, 4.69) is 42.0 Å². The van der Waals surface area contributed by atoms with Crippen LogP contribution < -0.4 is 0 Å². The van der Waals surface area contributed by atoms with E-state index in [1.54, 1.807) is 6.33 Å². The van der Waals surface area contributed by atoms with Crippen LogP contribution in [0.4, 0.5) is 0 Å². The zero-order chi connectivity index (χ0) is 17.6. The van der Waals surface area contributed by atoms with Crippen molar-refractivity contribution in [2.24, 2.45) is 5.41 Å². The molecule has 3 heterocycles. The minimum atomic E-state index is -0.351. The molecule has 0 saturated heterocycles. The van der Waals surface area contributed by atoms with Gasteiger partial charge in [0.15, 0.2) is 0 Å². The largest absolute Gasteiger partial charge is 0.348 e. The number of aromatic nitrogens is 3.